The molecule has 1 atom stereocenters. The van der Waals surface area contributed by atoms with Crippen molar-refractivity contribution in [2.45, 2.75) is 26.3 Å². The molecule has 1 aromatic carbocycles. The van der Waals surface area contributed by atoms with Gasteiger partial charge in [0.05, 0.1) is 0 Å². The highest BCUT2D eigenvalue weighted by molar-refractivity contribution is 5.85. The average molecular weight is 253 g/mol. The average Bonchev–Trinajstić information content (AvgIpc) is 2.56. The number of hydrogen-bond donors (Lipinski definition) is 1. The minimum atomic E-state index is 0. The van der Waals surface area contributed by atoms with E-state index in [1.165, 1.54) is 16.5 Å². The molecule has 17 heavy (non-hydrogen) atoms. The summed E-state index contributed by atoms with van der Waals surface area (Å²) >= 11 is 0. The maximum atomic E-state index is 6.26. The predicted octanol–water partition coefficient (Wildman–Crippen LogP) is 3.65. The second-order valence-corrected chi connectivity index (χ2v) is 4.95. The van der Waals surface area contributed by atoms with Crippen LogP contribution in [0.15, 0.2) is 30.5 Å². The summed E-state index contributed by atoms with van der Waals surface area (Å²) in [6, 6.07) is 8.59. The number of aryl methyl sites for hydroxylation is 1. The predicted molar refractivity (Wildman–Crippen MR) is 76.6 cm³/mol. The van der Waals surface area contributed by atoms with E-state index in [9.17, 15) is 0 Å². The molecule has 2 rings (SSSR count). The van der Waals surface area contributed by atoms with Gasteiger partial charge >= 0.3 is 0 Å². The molecule has 1 aromatic heterocycles. The van der Waals surface area contributed by atoms with E-state index in [0.29, 0.717) is 5.92 Å². The van der Waals surface area contributed by atoms with Crippen LogP contribution in [0.5, 0.6) is 0 Å². The van der Waals surface area contributed by atoms with E-state index >= 15 is 0 Å². The van der Waals surface area contributed by atoms with Crippen LogP contribution >= 0.6 is 12.4 Å². The van der Waals surface area contributed by atoms with Crippen molar-refractivity contribution in [3.05, 3.63) is 36.0 Å². The first kappa shape index (κ1) is 14.1. The fourth-order valence-corrected chi connectivity index (χ4v) is 2.30. The molecule has 94 valence electrons. The van der Waals surface area contributed by atoms with Crippen molar-refractivity contribution in [2.75, 3.05) is 0 Å². The molecule has 3 heteroatoms. The third-order valence-electron chi connectivity index (χ3n) is 3.05. The maximum absolute atomic E-state index is 6.26. The molecular formula is C14H21ClN2. The second-order valence-electron chi connectivity index (χ2n) is 4.95. The van der Waals surface area contributed by atoms with Crippen molar-refractivity contribution in [3.8, 4) is 0 Å². The van der Waals surface area contributed by atoms with E-state index in [1.54, 1.807) is 0 Å². The Kier molecular flexibility index (Phi) is 4.61. The van der Waals surface area contributed by atoms with Crippen LogP contribution in [0.2, 0.25) is 0 Å². The molecule has 0 saturated carbocycles. The van der Waals surface area contributed by atoms with E-state index < -0.39 is 0 Å². The molecule has 2 aromatic rings. The van der Waals surface area contributed by atoms with Crippen LogP contribution in [0, 0.1) is 5.92 Å². The number of hydrogen-bond acceptors (Lipinski definition) is 1. The Morgan fingerprint density at radius 2 is 1.88 bits per heavy atom. The van der Waals surface area contributed by atoms with Crippen molar-refractivity contribution in [1.82, 2.24) is 4.57 Å². The van der Waals surface area contributed by atoms with E-state index in [1.807, 2.05) is 0 Å². The Morgan fingerprint density at radius 3 is 2.53 bits per heavy atom. The number of para-hydroxylation sites is 1. The molecule has 0 bridgehead atoms. The number of rotatable bonds is 3. The zero-order valence-corrected chi connectivity index (χ0v) is 11.5. The van der Waals surface area contributed by atoms with Gasteiger partial charge in [-0.3, -0.25) is 0 Å². The number of halogens is 1. The fourth-order valence-electron chi connectivity index (χ4n) is 2.30. The van der Waals surface area contributed by atoms with Crippen LogP contribution in [0.4, 0.5) is 0 Å². The summed E-state index contributed by atoms with van der Waals surface area (Å²) < 4.78 is 2.16. The zero-order valence-electron chi connectivity index (χ0n) is 10.7. The van der Waals surface area contributed by atoms with Crippen molar-refractivity contribution < 1.29 is 0 Å². The van der Waals surface area contributed by atoms with E-state index in [4.69, 9.17) is 5.73 Å². The lowest BCUT2D eigenvalue weighted by atomic mass is 9.97. The lowest BCUT2D eigenvalue weighted by Gasteiger charge is -2.13. The molecule has 0 saturated heterocycles. The standard InChI is InChI=1S/C14H20N2.ClH/c1-10(2)8-13(15)12-9-16(3)14-7-5-4-6-11(12)14;/h4-7,9-10,13H,8,15H2,1-3H3;1H/t13-;/m1./s1. The fraction of sp³-hybridized carbons (Fsp3) is 0.429. The van der Waals surface area contributed by atoms with Gasteiger partial charge in [-0.1, -0.05) is 32.0 Å². The summed E-state index contributed by atoms with van der Waals surface area (Å²) in [5.41, 5.74) is 8.79. The van der Waals surface area contributed by atoms with Crippen molar-refractivity contribution in [1.29, 1.82) is 0 Å². The minimum Gasteiger partial charge on any atom is -0.350 e. The smallest absolute Gasteiger partial charge is 0.0481 e. The number of benzene rings is 1. The van der Waals surface area contributed by atoms with Gasteiger partial charge < -0.3 is 10.3 Å². The van der Waals surface area contributed by atoms with Gasteiger partial charge in [-0.25, -0.2) is 0 Å². The number of aromatic nitrogens is 1. The van der Waals surface area contributed by atoms with Gasteiger partial charge in [-0.2, -0.15) is 0 Å². The highest BCUT2D eigenvalue weighted by Gasteiger charge is 2.14. The van der Waals surface area contributed by atoms with E-state index in [0.717, 1.165) is 6.42 Å². The maximum Gasteiger partial charge on any atom is 0.0481 e. The Labute approximate surface area is 109 Å². The van der Waals surface area contributed by atoms with Gasteiger partial charge in [0, 0.05) is 30.2 Å². The third kappa shape index (κ3) is 2.82. The first-order valence-corrected chi connectivity index (χ1v) is 5.89. The first-order chi connectivity index (χ1) is 7.59. The van der Waals surface area contributed by atoms with Gasteiger partial charge in [0.2, 0.25) is 0 Å². The Balaban J connectivity index is 0.00000144. The summed E-state index contributed by atoms with van der Waals surface area (Å²) in [4.78, 5) is 0. The van der Waals surface area contributed by atoms with Gasteiger partial charge in [0.1, 0.15) is 0 Å². The van der Waals surface area contributed by atoms with Crippen LogP contribution in [0.3, 0.4) is 0 Å². The SMILES string of the molecule is CC(C)C[C@@H](N)c1cn(C)c2ccccc12.Cl. The molecule has 0 radical (unpaired) electrons. The Bertz CT molecular complexity index is 488. The third-order valence-corrected chi connectivity index (χ3v) is 3.05. The molecule has 0 unspecified atom stereocenters. The number of fused-ring (bicyclic) bond motifs is 1. The molecular weight excluding hydrogens is 232 g/mol. The quantitative estimate of drug-likeness (QED) is 0.888. The van der Waals surface area contributed by atoms with Crippen LogP contribution in [0.25, 0.3) is 10.9 Å². The largest absolute Gasteiger partial charge is 0.350 e. The highest BCUT2D eigenvalue weighted by Crippen LogP contribution is 2.27. The molecule has 0 aliphatic heterocycles. The molecule has 1 heterocycles. The zero-order chi connectivity index (χ0) is 11.7. The lowest BCUT2D eigenvalue weighted by Crippen LogP contribution is -2.12. The van der Waals surface area contributed by atoms with Gasteiger partial charge in [0.15, 0.2) is 0 Å². The monoisotopic (exact) mass is 252 g/mol. The van der Waals surface area contributed by atoms with E-state index in [-0.39, 0.29) is 18.4 Å². The number of nitrogens with two attached hydrogens (primary N) is 1. The molecule has 0 spiro atoms. The van der Waals surface area contributed by atoms with Gasteiger partial charge in [0.25, 0.3) is 0 Å². The normalized spacial score (nSPS) is 12.8. The molecule has 0 aliphatic carbocycles. The van der Waals surface area contributed by atoms with Gasteiger partial charge in [-0.05, 0) is 24.0 Å². The van der Waals surface area contributed by atoms with Crippen LogP contribution in [0.1, 0.15) is 31.9 Å². The molecule has 2 N–H and O–H groups in total. The van der Waals surface area contributed by atoms with Crippen molar-refractivity contribution in [3.63, 3.8) is 0 Å². The van der Waals surface area contributed by atoms with E-state index in [2.05, 4.69) is 55.9 Å². The summed E-state index contributed by atoms with van der Waals surface area (Å²) in [5, 5.41) is 1.29. The Morgan fingerprint density at radius 1 is 1.24 bits per heavy atom. The summed E-state index contributed by atoms with van der Waals surface area (Å²) in [7, 11) is 2.08. The summed E-state index contributed by atoms with van der Waals surface area (Å²) in [5.74, 6) is 0.633. The van der Waals surface area contributed by atoms with Crippen LogP contribution in [-0.4, -0.2) is 4.57 Å². The molecule has 0 amide bonds. The molecule has 0 fully saturated rings. The molecule has 2 nitrogen and oxygen atoms in total. The summed E-state index contributed by atoms with van der Waals surface area (Å²) in [6.07, 6.45) is 3.20. The van der Waals surface area contributed by atoms with Crippen molar-refractivity contribution in [2.24, 2.45) is 18.7 Å². The lowest BCUT2D eigenvalue weighted by molar-refractivity contribution is 0.511. The van der Waals surface area contributed by atoms with Gasteiger partial charge in [-0.15, -0.1) is 12.4 Å². The van der Waals surface area contributed by atoms with Crippen LogP contribution < -0.4 is 5.73 Å². The topological polar surface area (TPSA) is 30.9 Å². The van der Waals surface area contributed by atoms with Crippen molar-refractivity contribution >= 4 is 23.3 Å². The molecule has 0 aliphatic rings. The highest BCUT2D eigenvalue weighted by atomic mass is 35.5. The first-order valence-electron chi connectivity index (χ1n) is 5.89. The Hall–Kier alpha value is -0.990. The minimum absolute atomic E-state index is 0. The van der Waals surface area contributed by atoms with Crippen LogP contribution in [-0.2, 0) is 7.05 Å². The summed E-state index contributed by atoms with van der Waals surface area (Å²) in [6.45, 7) is 4.43. The number of nitrogens with zero attached hydrogens (tertiary/aromatic N) is 1. The second kappa shape index (κ2) is 5.56.